The highest BCUT2D eigenvalue weighted by molar-refractivity contribution is 7.89. The van der Waals surface area contributed by atoms with Crippen molar-refractivity contribution in [3.05, 3.63) is 65.7 Å². The molecule has 0 saturated heterocycles. The first-order valence-electron chi connectivity index (χ1n) is 9.77. The summed E-state index contributed by atoms with van der Waals surface area (Å²) in [5.74, 6) is 0.146. The Hall–Kier alpha value is -1.69. The van der Waals surface area contributed by atoms with Gasteiger partial charge < -0.3 is 5.11 Å². The topological polar surface area (TPSA) is 66.4 Å². The summed E-state index contributed by atoms with van der Waals surface area (Å²) in [5, 5.41) is 11.0. The second kappa shape index (κ2) is 9.00. The molecule has 2 aromatic rings. The molecule has 0 amide bonds. The SMILES string of the molecule is Cc1ccc(S(=O)(=O)N[C@@H](Cc2ccccc2)[C@H](O)C2CCCCC2)cc1. The van der Waals surface area contributed by atoms with Crippen LogP contribution in [0, 0.1) is 12.8 Å². The first-order valence-corrected chi connectivity index (χ1v) is 11.2. The van der Waals surface area contributed by atoms with Gasteiger partial charge >= 0.3 is 0 Å². The Morgan fingerprint density at radius 1 is 1.00 bits per heavy atom. The van der Waals surface area contributed by atoms with Gasteiger partial charge in [-0.2, -0.15) is 0 Å². The molecular formula is C22H29NO3S. The Labute approximate surface area is 162 Å². The fourth-order valence-electron chi connectivity index (χ4n) is 3.89. The molecule has 1 fully saturated rings. The average molecular weight is 388 g/mol. The predicted octanol–water partition coefficient (Wildman–Crippen LogP) is 3.83. The first-order chi connectivity index (χ1) is 13.0. The molecule has 4 nitrogen and oxygen atoms in total. The third kappa shape index (κ3) is 5.41. The molecule has 0 aliphatic heterocycles. The number of hydrogen-bond donors (Lipinski definition) is 2. The molecule has 27 heavy (non-hydrogen) atoms. The second-order valence-electron chi connectivity index (χ2n) is 7.62. The van der Waals surface area contributed by atoms with Gasteiger partial charge in [-0.05, 0) is 49.8 Å². The highest BCUT2D eigenvalue weighted by Gasteiger charge is 2.32. The van der Waals surface area contributed by atoms with E-state index in [1.54, 1.807) is 24.3 Å². The molecule has 0 bridgehead atoms. The molecule has 2 atom stereocenters. The van der Waals surface area contributed by atoms with E-state index in [9.17, 15) is 13.5 Å². The summed E-state index contributed by atoms with van der Waals surface area (Å²) in [7, 11) is -3.69. The zero-order chi connectivity index (χ0) is 19.3. The van der Waals surface area contributed by atoms with Crippen molar-refractivity contribution >= 4 is 10.0 Å². The molecule has 0 aromatic heterocycles. The minimum absolute atomic E-state index is 0.146. The second-order valence-corrected chi connectivity index (χ2v) is 9.33. The van der Waals surface area contributed by atoms with Crippen molar-refractivity contribution in [2.45, 2.75) is 62.5 Å². The van der Waals surface area contributed by atoms with Gasteiger partial charge in [-0.25, -0.2) is 13.1 Å². The quantitative estimate of drug-likeness (QED) is 0.759. The number of hydrogen-bond acceptors (Lipinski definition) is 3. The van der Waals surface area contributed by atoms with Gasteiger partial charge in [0.2, 0.25) is 10.0 Å². The highest BCUT2D eigenvalue weighted by Crippen LogP contribution is 2.29. The standard InChI is InChI=1S/C22H29NO3S/c1-17-12-14-20(15-13-17)27(25,26)23-21(16-18-8-4-2-5-9-18)22(24)19-10-6-3-7-11-19/h2,4-5,8-9,12-15,19,21-24H,3,6-7,10-11,16H2,1H3/t21-,22+/m0/s1. The average Bonchev–Trinajstić information content (AvgIpc) is 2.68. The van der Waals surface area contributed by atoms with Gasteiger partial charge in [0.05, 0.1) is 17.0 Å². The van der Waals surface area contributed by atoms with Crippen molar-refractivity contribution in [3.8, 4) is 0 Å². The van der Waals surface area contributed by atoms with Gasteiger partial charge in [0, 0.05) is 0 Å². The maximum atomic E-state index is 12.9. The summed E-state index contributed by atoms with van der Waals surface area (Å²) in [6.07, 6.45) is 5.10. The minimum atomic E-state index is -3.69. The lowest BCUT2D eigenvalue weighted by Crippen LogP contribution is -2.48. The van der Waals surface area contributed by atoms with Crippen LogP contribution in [-0.2, 0) is 16.4 Å². The van der Waals surface area contributed by atoms with Crippen LogP contribution in [0.15, 0.2) is 59.5 Å². The molecule has 3 rings (SSSR count). The largest absolute Gasteiger partial charge is 0.391 e. The molecule has 5 heteroatoms. The monoisotopic (exact) mass is 387 g/mol. The van der Waals surface area contributed by atoms with Gasteiger partial charge in [0.1, 0.15) is 0 Å². The summed E-state index contributed by atoms with van der Waals surface area (Å²) in [5.41, 5.74) is 2.03. The maximum absolute atomic E-state index is 12.9. The van der Waals surface area contributed by atoms with E-state index >= 15 is 0 Å². The Kier molecular flexibility index (Phi) is 6.68. The Morgan fingerprint density at radius 2 is 1.63 bits per heavy atom. The Bertz CT molecular complexity index is 812. The lowest BCUT2D eigenvalue weighted by molar-refractivity contribution is 0.0570. The predicted molar refractivity (Wildman–Crippen MR) is 108 cm³/mol. The van der Waals surface area contributed by atoms with E-state index in [0.29, 0.717) is 6.42 Å². The maximum Gasteiger partial charge on any atom is 0.240 e. The lowest BCUT2D eigenvalue weighted by atomic mass is 9.81. The zero-order valence-electron chi connectivity index (χ0n) is 15.8. The van der Waals surface area contributed by atoms with Crippen LogP contribution in [0.1, 0.15) is 43.2 Å². The number of aliphatic hydroxyl groups is 1. The van der Waals surface area contributed by atoms with Crippen molar-refractivity contribution in [2.24, 2.45) is 5.92 Å². The fraction of sp³-hybridized carbons (Fsp3) is 0.455. The van der Waals surface area contributed by atoms with E-state index in [1.807, 2.05) is 37.3 Å². The molecular weight excluding hydrogens is 358 g/mol. The van der Waals surface area contributed by atoms with Crippen LogP contribution in [0.2, 0.25) is 0 Å². The van der Waals surface area contributed by atoms with Crippen LogP contribution in [0.4, 0.5) is 0 Å². The van der Waals surface area contributed by atoms with Gasteiger partial charge in [-0.3, -0.25) is 0 Å². The summed E-state index contributed by atoms with van der Waals surface area (Å²) < 4.78 is 28.6. The van der Waals surface area contributed by atoms with E-state index in [-0.39, 0.29) is 10.8 Å². The molecule has 0 unspecified atom stereocenters. The number of sulfonamides is 1. The summed E-state index contributed by atoms with van der Waals surface area (Å²) >= 11 is 0. The lowest BCUT2D eigenvalue weighted by Gasteiger charge is -2.32. The van der Waals surface area contributed by atoms with Crippen molar-refractivity contribution in [3.63, 3.8) is 0 Å². The van der Waals surface area contributed by atoms with Crippen LogP contribution in [0.5, 0.6) is 0 Å². The first kappa shape index (κ1) is 20.1. The summed E-state index contributed by atoms with van der Waals surface area (Å²) in [6.45, 7) is 1.93. The third-order valence-corrected chi connectivity index (χ3v) is 6.99. The molecule has 1 aliphatic carbocycles. The molecule has 146 valence electrons. The van der Waals surface area contributed by atoms with Crippen LogP contribution < -0.4 is 4.72 Å². The zero-order valence-corrected chi connectivity index (χ0v) is 16.7. The van der Waals surface area contributed by atoms with Crippen LogP contribution in [0.3, 0.4) is 0 Å². The van der Waals surface area contributed by atoms with Crippen LogP contribution >= 0.6 is 0 Å². The van der Waals surface area contributed by atoms with E-state index in [4.69, 9.17) is 0 Å². The van der Waals surface area contributed by atoms with E-state index in [2.05, 4.69) is 4.72 Å². The summed E-state index contributed by atoms with van der Waals surface area (Å²) in [4.78, 5) is 0.238. The number of aliphatic hydroxyl groups excluding tert-OH is 1. The van der Waals surface area contributed by atoms with Crippen molar-refractivity contribution in [1.29, 1.82) is 0 Å². The molecule has 0 heterocycles. The third-order valence-electron chi connectivity index (χ3n) is 5.48. The molecule has 1 aliphatic rings. The molecule has 1 saturated carbocycles. The van der Waals surface area contributed by atoms with Gasteiger partial charge in [0.15, 0.2) is 0 Å². The Balaban J connectivity index is 1.82. The van der Waals surface area contributed by atoms with E-state index in [0.717, 1.165) is 36.8 Å². The fourth-order valence-corrected chi connectivity index (χ4v) is 5.14. The molecule has 0 spiro atoms. The number of rotatable bonds is 7. The normalized spacial score (nSPS) is 18.1. The summed E-state index contributed by atoms with van der Waals surface area (Å²) in [6, 6.07) is 16.0. The van der Waals surface area contributed by atoms with E-state index in [1.165, 1.54) is 6.42 Å². The smallest absolute Gasteiger partial charge is 0.240 e. The van der Waals surface area contributed by atoms with Crippen molar-refractivity contribution in [1.82, 2.24) is 4.72 Å². The number of nitrogens with one attached hydrogen (secondary N) is 1. The van der Waals surface area contributed by atoms with Crippen LogP contribution in [-0.4, -0.2) is 25.7 Å². The highest BCUT2D eigenvalue weighted by atomic mass is 32.2. The Morgan fingerprint density at radius 3 is 2.26 bits per heavy atom. The number of benzene rings is 2. The van der Waals surface area contributed by atoms with E-state index < -0.39 is 22.2 Å². The minimum Gasteiger partial charge on any atom is -0.391 e. The molecule has 0 radical (unpaired) electrons. The van der Waals surface area contributed by atoms with Gasteiger partial charge in [0.25, 0.3) is 0 Å². The van der Waals surface area contributed by atoms with Crippen molar-refractivity contribution in [2.75, 3.05) is 0 Å². The van der Waals surface area contributed by atoms with Crippen LogP contribution in [0.25, 0.3) is 0 Å². The number of aryl methyl sites for hydroxylation is 1. The van der Waals surface area contributed by atoms with Gasteiger partial charge in [-0.15, -0.1) is 0 Å². The van der Waals surface area contributed by atoms with Crippen molar-refractivity contribution < 1.29 is 13.5 Å². The molecule has 2 aromatic carbocycles. The molecule has 2 N–H and O–H groups in total. The van der Waals surface area contributed by atoms with Gasteiger partial charge in [-0.1, -0.05) is 67.3 Å².